The number of carbonyl (C=O) groups is 1. The summed E-state index contributed by atoms with van der Waals surface area (Å²) < 4.78 is 0. The van der Waals surface area contributed by atoms with Crippen LogP contribution in [0.5, 0.6) is 0 Å². The molecule has 0 aliphatic carbocycles. The van der Waals surface area contributed by atoms with E-state index in [1.54, 1.807) is 12.1 Å². The molecule has 76 valence electrons. The van der Waals surface area contributed by atoms with Crippen LogP contribution in [-0.2, 0) is 6.42 Å². The van der Waals surface area contributed by atoms with Gasteiger partial charge in [0.25, 0.3) is 0 Å². The molecule has 2 heteroatoms. The highest BCUT2D eigenvalue weighted by Gasteiger charge is 2.08. The molecular weight excluding hydrogens is 176 g/mol. The number of benzene rings is 1. The SMILES string of the molecule is CC(C)CCc1ccccc1C(=O)O. The second-order valence-electron chi connectivity index (χ2n) is 3.89. The summed E-state index contributed by atoms with van der Waals surface area (Å²) in [6.45, 7) is 4.28. The smallest absolute Gasteiger partial charge is 0.335 e. The average molecular weight is 192 g/mol. The first-order chi connectivity index (χ1) is 6.61. The highest BCUT2D eigenvalue weighted by atomic mass is 16.4. The predicted molar refractivity (Wildman–Crippen MR) is 56.6 cm³/mol. The van der Waals surface area contributed by atoms with E-state index < -0.39 is 5.97 Å². The van der Waals surface area contributed by atoms with Gasteiger partial charge in [0.1, 0.15) is 0 Å². The van der Waals surface area contributed by atoms with Crippen LogP contribution in [0.15, 0.2) is 24.3 Å². The van der Waals surface area contributed by atoms with Gasteiger partial charge in [-0.3, -0.25) is 0 Å². The lowest BCUT2D eigenvalue weighted by Gasteiger charge is -2.07. The number of carboxylic acid groups (broad SMARTS) is 1. The molecular formula is C12H16O2. The number of hydrogen-bond donors (Lipinski definition) is 1. The van der Waals surface area contributed by atoms with E-state index in [9.17, 15) is 4.79 Å². The highest BCUT2D eigenvalue weighted by Crippen LogP contribution is 2.13. The van der Waals surface area contributed by atoms with Crippen LogP contribution >= 0.6 is 0 Å². The van der Waals surface area contributed by atoms with Gasteiger partial charge in [0, 0.05) is 0 Å². The molecule has 0 atom stereocenters. The zero-order chi connectivity index (χ0) is 10.6. The lowest BCUT2D eigenvalue weighted by atomic mass is 9.99. The molecule has 1 N–H and O–H groups in total. The zero-order valence-corrected chi connectivity index (χ0v) is 8.66. The average Bonchev–Trinajstić information content (AvgIpc) is 2.15. The highest BCUT2D eigenvalue weighted by molar-refractivity contribution is 5.89. The fourth-order valence-electron chi connectivity index (χ4n) is 1.39. The van der Waals surface area contributed by atoms with Gasteiger partial charge in [0.2, 0.25) is 0 Å². The molecule has 0 aliphatic heterocycles. The van der Waals surface area contributed by atoms with Crippen LogP contribution in [0.3, 0.4) is 0 Å². The second-order valence-corrected chi connectivity index (χ2v) is 3.89. The molecule has 1 aromatic carbocycles. The van der Waals surface area contributed by atoms with Crippen molar-refractivity contribution >= 4 is 5.97 Å². The molecule has 0 aliphatic rings. The molecule has 14 heavy (non-hydrogen) atoms. The summed E-state index contributed by atoms with van der Waals surface area (Å²) in [5.41, 5.74) is 1.38. The Hall–Kier alpha value is -1.31. The Kier molecular flexibility index (Phi) is 3.69. The van der Waals surface area contributed by atoms with E-state index in [2.05, 4.69) is 13.8 Å². The number of hydrogen-bond acceptors (Lipinski definition) is 1. The zero-order valence-electron chi connectivity index (χ0n) is 8.66. The Bertz CT molecular complexity index is 316. The lowest BCUT2D eigenvalue weighted by molar-refractivity contribution is 0.0695. The Morgan fingerprint density at radius 3 is 2.57 bits per heavy atom. The van der Waals surface area contributed by atoms with Gasteiger partial charge in [-0.15, -0.1) is 0 Å². The monoisotopic (exact) mass is 192 g/mol. The van der Waals surface area contributed by atoms with Crippen LogP contribution in [0.1, 0.15) is 36.2 Å². The standard InChI is InChI=1S/C12H16O2/c1-9(2)7-8-10-5-3-4-6-11(10)12(13)14/h3-6,9H,7-8H2,1-2H3,(H,13,14). The first kappa shape index (κ1) is 10.8. The Morgan fingerprint density at radius 2 is 2.00 bits per heavy atom. The number of aryl methyl sites for hydroxylation is 1. The summed E-state index contributed by atoms with van der Waals surface area (Å²) in [4.78, 5) is 10.9. The summed E-state index contributed by atoms with van der Waals surface area (Å²) in [6.07, 6.45) is 1.88. The normalized spacial score (nSPS) is 10.5. The molecule has 0 spiro atoms. The predicted octanol–water partition coefficient (Wildman–Crippen LogP) is 2.97. The van der Waals surface area contributed by atoms with E-state index in [0.717, 1.165) is 18.4 Å². The van der Waals surface area contributed by atoms with Crippen molar-refractivity contribution in [1.82, 2.24) is 0 Å². The van der Waals surface area contributed by atoms with E-state index in [1.807, 2.05) is 12.1 Å². The van der Waals surface area contributed by atoms with E-state index in [4.69, 9.17) is 5.11 Å². The van der Waals surface area contributed by atoms with E-state index in [-0.39, 0.29) is 0 Å². The Morgan fingerprint density at radius 1 is 1.36 bits per heavy atom. The second kappa shape index (κ2) is 4.80. The van der Waals surface area contributed by atoms with Gasteiger partial charge in [-0.1, -0.05) is 32.0 Å². The van der Waals surface area contributed by atoms with Crippen molar-refractivity contribution < 1.29 is 9.90 Å². The molecule has 0 bridgehead atoms. The van der Waals surface area contributed by atoms with Crippen molar-refractivity contribution in [2.75, 3.05) is 0 Å². The van der Waals surface area contributed by atoms with Crippen molar-refractivity contribution in [2.45, 2.75) is 26.7 Å². The van der Waals surface area contributed by atoms with Gasteiger partial charge in [-0.25, -0.2) is 4.79 Å². The quantitative estimate of drug-likeness (QED) is 0.796. The minimum Gasteiger partial charge on any atom is -0.478 e. The Balaban J connectivity index is 2.79. The van der Waals surface area contributed by atoms with Gasteiger partial charge in [-0.2, -0.15) is 0 Å². The Labute approximate surface area is 84.6 Å². The summed E-state index contributed by atoms with van der Waals surface area (Å²) in [5, 5.41) is 8.93. The van der Waals surface area contributed by atoms with E-state index >= 15 is 0 Å². The van der Waals surface area contributed by atoms with Gasteiger partial charge in [0.05, 0.1) is 5.56 Å². The molecule has 1 aromatic rings. The lowest BCUT2D eigenvalue weighted by Crippen LogP contribution is -2.03. The number of rotatable bonds is 4. The minimum absolute atomic E-state index is 0.438. The maximum Gasteiger partial charge on any atom is 0.335 e. The molecule has 0 saturated heterocycles. The summed E-state index contributed by atoms with van der Waals surface area (Å²) in [7, 11) is 0. The van der Waals surface area contributed by atoms with Crippen LogP contribution in [0, 0.1) is 5.92 Å². The van der Waals surface area contributed by atoms with Crippen LogP contribution in [0.2, 0.25) is 0 Å². The topological polar surface area (TPSA) is 37.3 Å². The van der Waals surface area contributed by atoms with Crippen molar-refractivity contribution in [3.8, 4) is 0 Å². The summed E-state index contributed by atoms with van der Waals surface area (Å²) in [6, 6.07) is 7.22. The third-order valence-corrected chi connectivity index (χ3v) is 2.24. The first-order valence-electron chi connectivity index (χ1n) is 4.92. The maximum atomic E-state index is 10.9. The van der Waals surface area contributed by atoms with Crippen molar-refractivity contribution in [1.29, 1.82) is 0 Å². The maximum absolute atomic E-state index is 10.9. The molecule has 0 unspecified atom stereocenters. The first-order valence-corrected chi connectivity index (χ1v) is 4.92. The fourth-order valence-corrected chi connectivity index (χ4v) is 1.39. The van der Waals surface area contributed by atoms with Crippen molar-refractivity contribution in [2.24, 2.45) is 5.92 Å². The summed E-state index contributed by atoms with van der Waals surface area (Å²) >= 11 is 0. The van der Waals surface area contributed by atoms with Crippen molar-refractivity contribution in [3.63, 3.8) is 0 Å². The molecule has 0 heterocycles. The van der Waals surface area contributed by atoms with E-state index in [0.29, 0.717) is 11.5 Å². The number of aromatic carboxylic acids is 1. The molecule has 0 saturated carbocycles. The van der Waals surface area contributed by atoms with Crippen LogP contribution in [0.4, 0.5) is 0 Å². The number of carboxylic acids is 1. The minimum atomic E-state index is -0.829. The molecule has 0 radical (unpaired) electrons. The van der Waals surface area contributed by atoms with Crippen LogP contribution in [0.25, 0.3) is 0 Å². The fraction of sp³-hybridized carbons (Fsp3) is 0.417. The van der Waals surface area contributed by atoms with Crippen molar-refractivity contribution in [3.05, 3.63) is 35.4 Å². The van der Waals surface area contributed by atoms with Crippen LogP contribution < -0.4 is 0 Å². The third-order valence-electron chi connectivity index (χ3n) is 2.24. The molecule has 1 rings (SSSR count). The van der Waals surface area contributed by atoms with Gasteiger partial charge in [-0.05, 0) is 30.4 Å². The summed E-state index contributed by atoms with van der Waals surface area (Å²) in [5.74, 6) is -0.221. The van der Waals surface area contributed by atoms with Gasteiger partial charge >= 0.3 is 5.97 Å². The van der Waals surface area contributed by atoms with Gasteiger partial charge < -0.3 is 5.11 Å². The van der Waals surface area contributed by atoms with Gasteiger partial charge in [0.15, 0.2) is 0 Å². The molecule has 0 fully saturated rings. The van der Waals surface area contributed by atoms with E-state index in [1.165, 1.54) is 0 Å². The molecule has 0 amide bonds. The largest absolute Gasteiger partial charge is 0.478 e. The molecule has 0 aromatic heterocycles. The van der Waals surface area contributed by atoms with Crippen LogP contribution in [-0.4, -0.2) is 11.1 Å². The molecule has 2 nitrogen and oxygen atoms in total. The third kappa shape index (κ3) is 2.87.